The molecule has 1 aromatic rings. The van der Waals surface area contributed by atoms with E-state index < -0.39 is 5.97 Å². The van der Waals surface area contributed by atoms with Gasteiger partial charge in [0.05, 0.1) is 25.9 Å². The molecule has 0 radical (unpaired) electrons. The summed E-state index contributed by atoms with van der Waals surface area (Å²) in [6.45, 7) is 1.44. The van der Waals surface area contributed by atoms with E-state index in [1.165, 1.54) is 18.9 Å². The molecule has 0 saturated heterocycles. The van der Waals surface area contributed by atoms with E-state index in [9.17, 15) is 14.4 Å². The zero-order valence-electron chi connectivity index (χ0n) is 13.2. The third kappa shape index (κ3) is 4.19. The Morgan fingerprint density at radius 2 is 1.87 bits per heavy atom. The van der Waals surface area contributed by atoms with E-state index in [0.29, 0.717) is 22.7 Å². The largest absolute Gasteiger partial charge is 0.468 e. The quantitative estimate of drug-likeness (QED) is 0.607. The molecule has 0 bridgehead atoms. The van der Waals surface area contributed by atoms with Crippen LogP contribution in [0.4, 0.5) is 5.69 Å². The van der Waals surface area contributed by atoms with Crippen molar-refractivity contribution >= 4 is 23.3 Å². The highest BCUT2D eigenvalue weighted by Gasteiger charge is 2.21. The number of ketones is 1. The van der Waals surface area contributed by atoms with Gasteiger partial charge in [-0.05, 0) is 20.0 Å². The van der Waals surface area contributed by atoms with Gasteiger partial charge in [0.25, 0.3) is 0 Å². The molecule has 8 heteroatoms. The number of hydrogen-bond donors (Lipinski definition) is 1. The van der Waals surface area contributed by atoms with E-state index >= 15 is 0 Å². The Kier molecular flexibility index (Phi) is 5.17. The number of methoxy groups -OCH3 is 1. The Morgan fingerprint density at radius 3 is 2.48 bits per heavy atom. The molecule has 0 aromatic heterocycles. The molecule has 2 rings (SSSR count). The van der Waals surface area contributed by atoms with Crippen LogP contribution in [0.15, 0.2) is 12.1 Å². The lowest BCUT2D eigenvalue weighted by atomic mass is 10.1. The van der Waals surface area contributed by atoms with Gasteiger partial charge in [-0.3, -0.25) is 19.3 Å². The number of fused-ring (bicyclic) bond motifs is 1. The van der Waals surface area contributed by atoms with Crippen LogP contribution >= 0.6 is 0 Å². The molecule has 1 N–H and O–H groups in total. The van der Waals surface area contributed by atoms with Gasteiger partial charge in [0.15, 0.2) is 17.3 Å². The second-order valence-corrected chi connectivity index (χ2v) is 5.10. The third-order valence-electron chi connectivity index (χ3n) is 3.21. The van der Waals surface area contributed by atoms with E-state index in [2.05, 4.69) is 10.1 Å². The molecule has 1 aromatic carbocycles. The number of anilines is 1. The highest BCUT2D eigenvalue weighted by molar-refractivity contribution is 6.05. The first-order valence-corrected chi connectivity index (χ1v) is 6.90. The molecular weight excluding hydrogens is 304 g/mol. The van der Waals surface area contributed by atoms with Crippen LogP contribution in [0, 0.1) is 0 Å². The summed E-state index contributed by atoms with van der Waals surface area (Å²) in [7, 11) is 2.89. The maximum absolute atomic E-state index is 12.1. The lowest BCUT2D eigenvalue weighted by Crippen LogP contribution is -2.34. The highest BCUT2D eigenvalue weighted by atomic mass is 16.7. The van der Waals surface area contributed by atoms with Crippen molar-refractivity contribution in [2.75, 3.05) is 39.4 Å². The Hall–Kier alpha value is -2.61. The number of nitrogens with one attached hydrogen (secondary N) is 1. The summed E-state index contributed by atoms with van der Waals surface area (Å²) in [4.78, 5) is 36.5. The van der Waals surface area contributed by atoms with Gasteiger partial charge in [0.1, 0.15) is 0 Å². The van der Waals surface area contributed by atoms with Gasteiger partial charge >= 0.3 is 5.97 Å². The van der Waals surface area contributed by atoms with Crippen molar-refractivity contribution in [1.29, 1.82) is 0 Å². The predicted molar refractivity (Wildman–Crippen MR) is 80.7 cm³/mol. The number of hydrogen-bond acceptors (Lipinski definition) is 7. The van der Waals surface area contributed by atoms with Crippen molar-refractivity contribution in [2.24, 2.45) is 0 Å². The first-order chi connectivity index (χ1) is 10.9. The van der Waals surface area contributed by atoms with Crippen LogP contribution in [0.2, 0.25) is 0 Å². The number of likely N-dealkylation sites (N-methyl/N-ethyl adjacent to an activating group) is 1. The topological polar surface area (TPSA) is 94.2 Å². The average molecular weight is 322 g/mol. The van der Waals surface area contributed by atoms with Gasteiger partial charge in [0.2, 0.25) is 12.7 Å². The highest BCUT2D eigenvalue weighted by Crippen LogP contribution is 2.37. The van der Waals surface area contributed by atoms with E-state index in [1.807, 2.05) is 0 Å². The van der Waals surface area contributed by atoms with Gasteiger partial charge in [-0.1, -0.05) is 0 Å². The molecule has 0 saturated carbocycles. The third-order valence-corrected chi connectivity index (χ3v) is 3.21. The van der Waals surface area contributed by atoms with Gasteiger partial charge in [-0.25, -0.2) is 0 Å². The van der Waals surface area contributed by atoms with Crippen molar-refractivity contribution < 1.29 is 28.6 Å². The normalized spacial score (nSPS) is 12.2. The van der Waals surface area contributed by atoms with E-state index in [-0.39, 0.29) is 31.6 Å². The molecule has 1 aliphatic heterocycles. The number of ether oxygens (including phenoxy) is 3. The van der Waals surface area contributed by atoms with Gasteiger partial charge < -0.3 is 19.5 Å². The number of nitrogens with zero attached hydrogens (tertiary/aromatic N) is 1. The molecular formula is C15H18N2O6. The monoisotopic (exact) mass is 322 g/mol. The molecule has 0 unspecified atom stereocenters. The zero-order chi connectivity index (χ0) is 17.0. The van der Waals surface area contributed by atoms with Crippen molar-refractivity contribution in [3.8, 4) is 11.5 Å². The average Bonchev–Trinajstić information content (AvgIpc) is 2.92. The molecule has 1 heterocycles. The lowest BCUT2D eigenvalue weighted by molar-refractivity contribution is -0.141. The number of carbonyl (C=O) groups is 3. The number of carbonyl (C=O) groups excluding carboxylic acids is 3. The van der Waals surface area contributed by atoms with E-state index in [0.717, 1.165) is 0 Å². The summed E-state index contributed by atoms with van der Waals surface area (Å²) >= 11 is 0. The van der Waals surface area contributed by atoms with E-state index in [4.69, 9.17) is 9.47 Å². The first kappa shape index (κ1) is 16.8. The summed E-state index contributed by atoms with van der Waals surface area (Å²) in [5.74, 6) is -0.0729. The van der Waals surface area contributed by atoms with Gasteiger partial charge in [-0.15, -0.1) is 0 Å². The SMILES string of the molecule is COC(=O)CN(C)CC(=O)Nc1cc2c(cc1C(C)=O)OCO2. The molecule has 23 heavy (non-hydrogen) atoms. The van der Waals surface area contributed by atoms with Crippen LogP contribution in [0.1, 0.15) is 17.3 Å². The minimum atomic E-state index is -0.437. The summed E-state index contributed by atoms with van der Waals surface area (Å²) in [6.07, 6.45) is 0. The summed E-state index contributed by atoms with van der Waals surface area (Å²) in [5, 5.41) is 2.65. The van der Waals surface area contributed by atoms with Crippen molar-refractivity contribution in [3.05, 3.63) is 17.7 Å². The maximum atomic E-state index is 12.1. The minimum Gasteiger partial charge on any atom is -0.468 e. The molecule has 1 aliphatic rings. The van der Waals surface area contributed by atoms with Crippen LogP contribution < -0.4 is 14.8 Å². The number of amides is 1. The molecule has 124 valence electrons. The molecule has 0 spiro atoms. The maximum Gasteiger partial charge on any atom is 0.319 e. The Bertz CT molecular complexity index is 643. The van der Waals surface area contributed by atoms with Crippen LogP contribution in [0.25, 0.3) is 0 Å². The fraction of sp³-hybridized carbons (Fsp3) is 0.400. The predicted octanol–water partition coefficient (Wildman–Crippen LogP) is 0.661. The van der Waals surface area contributed by atoms with Crippen LogP contribution in [-0.4, -0.2) is 56.6 Å². The summed E-state index contributed by atoms with van der Waals surface area (Å²) in [5.41, 5.74) is 0.677. The van der Waals surface area contributed by atoms with Crippen molar-refractivity contribution in [2.45, 2.75) is 6.92 Å². The minimum absolute atomic E-state index is 0.00930. The van der Waals surface area contributed by atoms with Gasteiger partial charge in [-0.2, -0.15) is 0 Å². The van der Waals surface area contributed by atoms with Crippen LogP contribution in [0.3, 0.4) is 0 Å². The lowest BCUT2D eigenvalue weighted by Gasteiger charge is -2.16. The number of Topliss-reactive ketones (excluding diaryl/α,β-unsaturated/α-hetero) is 1. The van der Waals surface area contributed by atoms with Crippen LogP contribution in [0.5, 0.6) is 11.5 Å². The standard InChI is InChI=1S/C15H18N2O6/c1-9(18)10-4-12-13(23-8-22-12)5-11(10)16-14(19)6-17(2)7-15(20)21-3/h4-5H,6-8H2,1-3H3,(H,16,19). The molecule has 0 aliphatic carbocycles. The zero-order valence-corrected chi connectivity index (χ0v) is 13.2. The summed E-state index contributed by atoms with van der Waals surface area (Å²) < 4.78 is 15.0. The Balaban J connectivity index is 2.08. The summed E-state index contributed by atoms with van der Waals surface area (Å²) in [6, 6.07) is 3.09. The fourth-order valence-corrected chi connectivity index (χ4v) is 2.11. The Morgan fingerprint density at radius 1 is 1.22 bits per heavy atom. The van der Waals surface area contributed by atoms with Crippen molar-refractivity contribution in [1.82, 2.24) is 4.90 Å². The van der Waals surface area contributed by atoms with Crippen LogP contribution in [-0.2, 0) is 14.3 Å². The number of benzene rings is 1. The molecule has 1 amide bonds. The van der Waals surface area contributed by atoms with Gasteiger partial charge in [0, 0.05) is 11.6 Å². The molecule has 0 fully saturated rings. The smallest absolute Gasteiger partial charge is 0.319 e. The second kappa shape index (κ2) is 7.10. The fourth-order valence-electron chi connectivity index (χ4n) is 2.11. The molecule has 0 atom stereocenters. The molecule has 8 nitrogen and oxygen atoms in total. The van der Waals surface area contributed by atoms with E-state index in [1.54, 1.807) is 19.2 Å². The number of esters is 1. The number of rotatable bonds is 6. The van der Waals surface area contributed by atoms with Crippen molar-refractivity contribution in [3.63, 3.8) is 0 Å². The Labute approximate surface area is 133 Å². The first-order valence-electron chi connectivity index (χ1n) is 6.90. The second-order valence-electron chi connectivity index (χ2n) is 5.10.